The summed E-state index contributed by atoms with van der Waals surface area (Å²) in [6, 6.07) is 1.68. The van der Waals surface area contributed by atoms with Gasteiger partial charge >= 0.3 is 5.63 Å². The molecule has 0 amide bonds. The summed E-state index contributed by atoms with van der Waals surface area (Å²) in [5, 5.41) is 0. The summed E-state index contributed by atoms with van der Waals surface area (Å²) in [6.45, 7) is 4.19. The maximum atomic E-state index is 12.2. The zero-order valence-electron chi connectivity index (χ0n) is 13.4. The highest BCUT2D eigenvalue weighted by atomic mass is 16.5. The third-order valence-electron chi connectivity index (χ3n) is 3.50. The minimum Gasteiger partial charge on any atom is -0.496 e. The second-order valence-electron chi connectivity index (χ2n) is 5.28. The second kappa shape index (κ2) is 9.37. The molecule has 4 nitrogen and oxygen atoms in total. The van der Waals surface area contributed by atoms with E-state index in [-0.39, 0.29) is 11.3 Å². The number of ether oxygens (including phenoxy) is 1. The van der Waals surface area contributed by atoms with Gasteiger partial charge in [-0.2, -0.15) is 0 Å². The van der Waals surface area contributed by atoms with Gasteiger partial charge in [0.25, 0.3) is 0 Å². The first-order valence-electron chi connectivity index (χ1n) is 7.88. The molecule has 0 aliphatic carbocycles. The van der Waals surface area contributed by atoms with Crippen molar-refractivity contribution in [2.24, 2.45) is 0 Å². The number of carbonyl (C=O) groups is 1. The third kappa shape index (κ3) is 5.37. The minimum absolute atomic E-state index is 0.0628. The van der Waals surface area contributed by atoms with E-state index in [1.807, 2.05) is 0 Å². The van der Waals surface area contributed by atoms with E-state index in [0.29, 0.717) is 24.4 Å². The van der Waals surface area contributed by atoms with Crippen molar-refractivity contribution in [3.05, 3.63) is 27.8 Å². The smallest absolute Gasteiger partial charge is 0.350 e. The van der Waals surface area contributed by atoms with Gasteiger partial charge in [0.05, 0.1) is 7.11 Å². The number of unbranched alkanes of at least 4 members (excludes halogenated alkanes) is 4. The van der Waals surface area contributed by atoms with Crippen LogP contribution in [-0.2, 0) is 6.42 Å². The van der Waals surface area contributed by atoms with Crippen molar-refractivity contribution in [3.63, 3.8) is 0 Å². The van der Waals surface area contributed by atoms with Gasteiger partial charge in [0.15, 0.2) is 5.78 Å². The lowest BCUT2D eigenvalue weighted by Crippen LogP contribution is -2.17. The summed E-state index contributed by atoms with van der Waals surface area (Å²) in [5.41, 5.74) is -0.504. The van der Waals surface area contributed by atoms with E-state index in [4.69, 9.17) is 9.15 Å². The first-order chi connectivity index (χ1) is 10.1. The Balaban J connectivity index is 2.89. The first-order valence-corrected chi connectivity index (χ1v) is 7.88. The number of ketones is 1. The van der Waals surface area contributed by atoms with E-state index in [1.165, 1.54) is 7.11 Å². The predicted molar refractivity (Wildman–Crippen MR) is 83.2 cm³/mol. The van der Waals surface area contributed by atoms with Crippen LogP contribution in [-0.4, -0.2) is 12.9 Å². The monoisotopic (exact) mass is 294 g/mol. The van der Waals surface area contributed by atoms with Crippen molar-refractivity contribution in [3.8, 4) is 5.75 Å². The van der Waals surface area contributed by atoms with Crippen LogP contribution in [0.4, 0.5) is 0 Å². The summed E-state index contributed by atoms with van der Waals surface area (Å²) in [7, 11) is 1.48. The van der Waals surface area contributed by atoms with E-state index in [0.717, 1.165) is 38.5 Å². The second-order valence-corrected chi connectivity index (χ2v) is 5.28. The van der Waals surface area contributed by atoms with Crippen LogP contribution in [0, 0.1) is 0 Å². The molecule has 0 spiro atoms. The minimum atomic E-state index is -0.567. The highest BCUT2D eigenvalue weighted by molar-refractivity contribution is 5.98. The molecule has 4 heteroatoms. The molecule has 21 heavy (non-hydrogen) atoms. The van der Waals surface area contributed by atoms with Crippen molar-refractivity contribution < 1.29 is 13.9 Å². The van der Waals surface area contributed by atoms with Gasteiger partial charge in [-0.25, -0.2) is 4.79 Å². The molecular formula is C17H26O4. The van der Waals surface area contributed by atoms with Crippen molar-refractivity contribution in [2.75, 3.05) is 7.11 Å². The zero-order valence-corrected chi connectivity index (χ0v) is 13.4. The Morgan fingerprint density at radius 1 is 1.14 bits per heavy atom. The molecule has 0 aromatic carbocycles. The molecule has 0 radical (unpaired) electrons. The van der Waals surface area contributed by atoms with Gasteiger partial charge in [0.1, 0.15) is 17.1 Å². The molecule has 0 N–H and O–H groups in total. The lowest BCUT2D eigenvalue weighted by molar-refractivity contribution is 0.0971. The van der Waals surface area contributed by atoms with Gasteiger partial charge in [-0.1, -0.05) is 39.5 Å². The van der Waals surface area contributed by atoms with Crippen molar-refractivity contribution in [1.29, 1.82) is 0 Å². The summed E-state index contributed by atoms with van der Waals surface area (Å²) < 4.78 is 10.5. The molecule has 0 saturated carbocycles. The van der Waals surface area contributed by atoms with Crippen molar-refractivity contribution in [1.82, 2.24) is 0 Å². The molecule has 118 valence electrons. The standard InChI is InChI=1S/C17H26O4/c1-4-6-8-10-13-12-15(20-3)16(17(19)21-13)14(18)11-9-7-5-2/h12H,4-11H2,1-3H3. The van der Waals surface area contributed by atoms with Gasteiger partial charge in [-0.05, 0) is 12.8 Å². The number of carbonyl (C=O) groups excluding carboxylic acids is 1. The van der Waals surface area contributed by atoms with Crippen LogP contribution < -0.4 is 10.4 Å². The summed E-state index contributed by atoms with van der Waals surface area (Å²) in [5.74, 6) is 0.754. The number of aryl methyl sites for hydroxylation is 1. The summed E-state index contributed by atoms with van der Waals surface area (Å²) >= 11 is 0. The van der Waals surface area contributed by atoms with E-state index in [1.54, 1.807) is 6.07 Å². The van der Waals surface area contributed by atoms with E-state index >= 15 is 0 Å². The van der Waals surface area contributed by atoms with Crippen LogP contribution in [0.15, 0.2) is 15.3 Å². The molecule has 1 rings (SSSR count). The fourth-order valence-corrected chi connectivity index (χ4v) is 2.26. The Morgan fingerprint density at radius 2 is 1.81 bits per heavy atom. The largest absolute Gasteiger partial charge is 0.496 e. The van der Waals surface area contributed by atoms with Gasteiger partial charge in [0, 0.05) is 18.9 Å². The SMILES string of the molecule is CCCCCC(=O)c1c(OC)cc(CCCCC)oc1=O. The van der Waals surface area contributed by atoms with Crippen LogP contribution in [0.1, 0.15) is 74.9 Å². The van der Waals surface area contributed by atoms with Crippen LogP contribution in [0.25, 0.3) is 0 Å². The Kier molecular flexibility index (Phi) is 7.80. The Bertz CT molecular complexity index is 502. The molecule has 0 bridgehead atoms. The summed E-state index contributed by atoms with van der Waals surface area (Å²) in [4.78, 5) is 24.2. The van der Waals surface area contributed by atoms with Crippen LogP contribution in [0.3, 0.4) is 0 Å². The normalized spacial score (nSPS) is 10.6. The van der Waals surface area contributed by atoms with Crippen molar-refractivity contribution in [2.45, 2.75) is 65.2 Å². The lowest BCUT2D eigenvalue weighted by Gasteiger charge is -2.08. The molecule has 0 aliphatic heterocycles. The number of hydrogen-bond donors (Lipinski definition) is 0. The van der Waals surface area contributed by atoms with Crippen LogP contribution >= 0.6 is 0 Å². The fraction of sp³-hybridized carbons (Fsp3) is 0.647. The average Bonchev–Trinajstić information content (AvgIpc) is 2.47. The number of Topliss-reactive ketones (excluding diaryl/α,β-unsaturated/α-hetero) is 1. The number of rotatable bonds is 10. The van der Waals surface area contributed by atoms with Crippen LogP contribution in [0.5, 0.6) is 5.75 Å². The van der Waals surface area contributed by atoms with Gasteiger partial charge < -0.3 is 9.15 Å². The van der Waals surface area contributed by atoms with E-state index in [9.17, 15) is 9.59 Å². The molecule has 1 heterocycles. The Labute approximate surface area is 126 Å². The topological polar surface area (TPSA) is 56.5 Å². The molecule has 0 unspecified atom stereocenters. The highest BCUT2D eigenvalue weighted by Gasteiger charge is 2.19. The predicted octanol–water partition coefficient (Wildman–Crippen LogP) is 4.14. The van der Waals surface area contributed by atoms with Crippen LogP contribution in [0.2, 0.25) is 0 Å². The summed E-state index contributed by atoms with van der Waals surface area (Å²) in [6.07, 6.45) is 7.03. The fourth-order valence-electron chi connectivity index (χ4n) is 2.26. The zero-order chi connectivity index (χ0) is 15.7. The number of methoxy groups -OCH3 is 1. The van der Waals surface area contributed by atoms with Gasteiger partial charge in [-0.3, -0.25) is 4.79 Å². The molecule has 1 aromatic rings. The van der Waals surface area contributed by atoms with Gasteiger partial charge in [-0.15, -0.1) is 0 Å². The Morgan fingerprint density at radius 3 is 2.43 bits per heavy atom. The molecule has 0 atom stereocenters. The molecule has 0 saturated heterocycles. The maximum absolute atomic E-state index is 12.2. The Hall–Kier alpha value is -1.58. The lowest BCUT2D eigenvalue weighted by atomic mass is 10.0. The number of hydrogen-bond acceptors (Lipinski definition) is 4. The quantitative estimate of drug-likeness (QED) is 0.480. The van der Waals surface area contributed by atoms with Gasteiger partial charge in [0.2, 0.25) is 0 Å². The maximum Gasteiger partial charge on any atom is 0.350 e. The molecule has 1 aromatic heterocycles. The van der Waals surface area contributed by atoms with E-state index < -0.39 is 5.63 Å². The average molecular weight is 294 g/mol. The molecule has 0 aliphatic rings. The highest BCUT2D eigenvalue weighted by Crippen LogP contribution is 2.20. The van der Waals surface area contributed by atoms with Crippen molar-refractivity contribution >= 4 is 5.78 Å². The third-order valence-corrected chi connectivity index (χ3v) is 3.50. The first kappa shape index (κ1) is 17.5. The molecule has 0 fully saturated rings. The van der Waals surface area contributed by atoms with E-state index in [2.05, 4.69) is 13.8 Å². The molecular weight excluding hydrogens is 268 g/mol.